The number of carbonyl (C=O) groups excluding carboxylic acids is 1. The Balaban J connectivity index is 2.15. The summed E-state index contributed by atoms with van der Waals surface area (Å²) in [6.45, 7) is 7.44. The van der Waals surface area contributed by atoms with Crippen molar-refractivity contribution in [2.24, 2.45) is 10.7 Å². The maximum atomic E-state index is 13.3. The average Bonchev–Trinajstić information content (AvgIpc) is 2.96. The van der Waals surface area contributed by atoms with E-state index >= 15 is 0 Å². The van der Waals surface area contributed by atoms with Gasteiger partial charge in [0, 0.05) is 0 Å². The van der Waals surface area contributed by atoms with Crippen molar-refractivity contribution in [1.29, 1.82) is 0 Å². The van der Waals surface area contributed by atoms with E-state index in [1.54, 1.807) is 19.9 Å². The van der Waals surface area contributed by atoms with Gasteiger partial charge in [0.05, 0.1) is 22.4 Å². The highest BCUT2D eigenvalue weighted by molar-refractivity contribution is 7.18. The Kier molecular flexibility index (Phi) is 6.90. The van der Waals surface area contributed by atoms with Crippen LogP contribution in [0.1, 0.15) is 51.6 Å². The van der Waals surface area contributed by atoms with Gasteiger partial charge >= 0.3 is 6.09 Å². The number of thiazole rings is 1. The molecule has 3 N–H and O–H groups in total. The molecular formula is C18H25FN4O2S. The van der Waals surface area contributed by atoms with E-state index in [1.807, 2.05) is 13.8 Å². The van der Waals surface area contributed by atoms with Crippen LogP contribution in [0.15, 0.2) is 23.2 Å². The molecule has 142 valence electrons. The first-order chi connectivity index (χ1) is 12.3. The standard InChI is InChI=1S/C18H25FN4O2S/c1-5-6-14(23-18(24)25-10(2)3)16(20)21-11(4)17-22-13-8-7-12(19)9-15(13)26-17/h7-11,14H,5-6H2,1-4H3,(H2,20,21)(H,23,24)/t11-,14+/m1/s1. The molecule has 0 spiro atoms. The monoisotopic (exact) mass is 380 g/mol. The zero-order valence-electron chi connectivity index (χ0n) is 15.5. The number of hydrogen-bond donors (Lipinski definition) is 2. The predicted octanol–water partition coefficient (Wildman–Crippen LogP) is 4.16. The Bertz CT molecular complexity index is 791. The number of ether oxygens (including phenoxy) is 1. The number of hydrogen-bond acceptors (Lipinski definition) is 5. The third-order valence-corrected chi connectivity index (χ3v) is 4.82. The lowest BCUT2D eigenvalue weighted by atomic mass is 10.1. The SMILES string of the molecule is CCC[C@H](NC(=O)OC(C)C)C(N)=N[C@H](C)c1nc2ccc(F)cc2s1. The summed E-state index contributed by atoms with van der Waals surface area (Å²) in [5.41, 5.74) is 6.87. The van der Waals surface area contributed by atoms with Gasteiger partial charge in [-0.25, -0.2) is 14.2 Å². The largest absolute Gasteiger partial charge is 0.447 e. The summed E-state index contributed by atoms with van der Waals surface area (Å²) in [7, 11) is 0. The zero-order valence-corrected chi connectivity index (χ0v) is 16.3. The van der Waals surface area contributed by atoms with E-state index in [1.165, 1.54) is 23.5 Å². The van der Waals surface area contributed by atoms with Crippen molar-refractivity contribution >= 4 is 33.5 Å². The van der Waals surface area contributed by atoms with Crippen molar-refractivity contribution in [1.82, 2.24) is 10.3 Å². The number of nitrogens with two attached hydrogens (primary N) is 1. The molecule has 1 aromatic carbocycles. The fraction of sp³-hybridized carbons (Fsp3) is 0.500. The van der Waals surface area contributed by atoms with E-state index < -0.39 is 12.1 Å². The minimum Gasteiger partial charge on any atom is -0.447 e. The lowest BCUT2D eigenvalue weighted by molar-refractivity contribution is 0.114. The molecule has 0 fully saturated rings. The number of aliphatic imine (C=N–C) groups is 1. The van der Waals surface area contributed by atoms with E-state index in [-0.39, 0.29) is 18.0 Å². The van der Waals surface area contributed by atoms with Gasteiger partial charge in [-0.1, -0.05) is 13.3 Å². The molecule has 1 heterocycles. The molecular weight excluding hydrogens is 355 g/mol. The van der Waals surface area contributed by atoms with Crippen molar-refractivity contribution in [2.75, 3.05) is 0 Å². The van der Waals surface area contributed by atoms with E-state index in [0.717, 1.165) is 21.6 Å². The Hall–Kier alpha value is -2.22. The zero-order chi connectivity index (χ0) is 19.3. The second kappa shape index (κ2) is 8.93. The molecule has 2 atom stereocenters. The van der Waals surface area contributed by atoms with Gasteiger partial charge in [0.2, 0.25) is 0 Å². The maximum Gasteiger partial charge on any atom is 0.407 e. The molecule has 0 aliphatic carbocycles. The normalized spacial score (nSPS) is 14.5. The summed E-state index contributed by atoms with van der Waals surface area (Å²) in [4.78, 5) is 20.8. The molecule has 1 amide bonds. The highest BCUT2D eigenvalue weighted by atomic mass is 32.1. The second-order valence-electron chi connectivity index (χ2n) is 6.33. The predicted molar refractivity (Wildman–Crippen MR) is 103 cm³/mol. The number of nitrogens with one attached hydrogen (secondary N) is 1. The number of carbonyl (C=O) groups is 1. The first-order valence-electron chi connectivity index (χ1n) is 8.66. The number of nitrogens with zero attached hydrogens (tertiary/aromatic N) is 2. The van der Waals surface area contributed by atoms with Gasteiger partial charge in [0.1, 0.15) is 22.7 Å². The molecule has 8 heteroatoms. The van der Waals surface area contributed by atoms with Crippen molar-refractivity contribution in [3.63, 3.8) is 0 Å². The van der Waals surface area contributed by atoms with Gasteiger partial charge in [-0.15, -0.1) is 11.3 Å². The molecule has 1 aromatic heterocycles. The van der Waals surface area contributed by atoms with E-state index in [9.17, 15) is 9.18 Å². The van der Waals surface area contributed by atoms with Gasteiger partial charge in [-0.05, 0) is 45.4 Å². The number of benzene rings is 1. The summed E-state index contributed by atoms with van der Waals surface area (Å²) in [5, 5.41) is 3.50. The van der Waals surface area contributed by atoms with Crippen LogP contribution in [0.4, 0.5) is 9.18 Å². The van der Waals surface area contributed by atoms with E-state index in [0.29, 0.717) is 12.3 Å². The maximum absolute atomic E-state index is 13.3. The second-order valence-corrected chi connectivity index (χ2v) is 7.40. The van der Waals surface area contributed by atoms with Gasteiger partial charge < -0.3 is 15.8 Å². The quantitative estimate of drug-likeness (QED) is 0.557. The van der Waals surface area contributed by atoms with Crippen molar-refractivity contribution in [3.8, 4) is 0 Å². The van der Waals surface area contributed by atoms with Crippen LogP contribution in [0, 0.1) is 5.82 Å². The van der Waals surface area contributed by atoms with E-state index in [4.69, 9.17) is 10.5 Å². The first-order valence-corrected chi connectivity index (χ1v) is 9.48. The smallest absolute Gasteiger partial charge is 0.407 e. The number of amidine groups is 1. The summed E-state index contributed by atoms with van der Waals surface area (Å²) < 4.78 is 19.2. The molecule has 0 unspecified atom stereocenters. The minimum atomic E-state index is -0.514. The minimum absolute atomic E-state index is 0.211. The summed E-state index contributed by atoms with van der Waals surface area (Å²) in [6, 6.07) is 3.79. The van der Waals surface area contributed by atoms with Crippen molar-refractivity contribution < 1.29 is 13.9 Å². The van der Waals surface area contributed by atoms with Crippen LogP contribution in [-0.4, -0.2) is 29.1 Å². The van der Waals surface area contributed by atoms with Crippen LogP contribution < -0.4 is 11.1 Å². The molecule has 0 bridgehead atoms. The summed E-state index contributed by atoms with van der Waals surface area (Å²) in [6.07, 6.45) is 0.759. The summed E-state index contributed by atoms with van der Waals surface area (Å²) >= 11 is 1.38. The topological polar surface area (TPSA) is 89.6 Å². The Morgan fingerprint density at radius 3 is 2.81 bits per heavy atom. The van der Waals surface area contributed by atoms with Crippen LogP contribution in [0.3, 0.4) is 0 Å². The third-order valence-electron chi connectivity index (χ3n) is 3.64. The Morgan fingerprint density at radius 1 is 1.42 bits per heavy atom. The van der Waals surface area contributed by atoms with Crippen molar-refractivity contribution in [2.45, 2.75) is 58.7 Å². The molecule has 2 aromatic rings. The van der Waals surface area contributed by atoms with Crippen LogP contribution in [0.2, 0.25) is 0 Å². The summed E-state index contributed by atoms with van der Waals surface area (Å²) in [5.74, 6) is 0.0322. The van der Waals surface area contributed by atoms with Crippen LogP contribution in [0.5, 0.6) is 0 Å². The number of rotatable bonds is 7. The third kappa shape index (κ3) is 5.39. The van der Waals surface area contributed by atoms with Gasteiger partial charge in [0.15, 0.2) is 0 Å². The molecule has 26 heavy (non-hydrogen) atoms. The van der Waals surface area contributed by atoms with Crippen LogP contribution >= 0.6 is 11.3 Å². The molecule has 2 rings (SSSR count). The van der Waals surface area contributed by atoms with Gasteiger partial charge in [-0.2, -0.15) is 0 Å². The fourth-order valence-corrected chi connectivity index (χ4v) is 3.42. The highest BCUT2D eigenvalue weighted by Crippen LogP contribution is 2.28. The van der Waals surface area contributed by atoms with Crippen LogP contribution in [0.25, 0.3) is 10.2 Å². The number of aromatic nitrogens is 1. The molecule has 0 saturated carbocycles. The Morgan fingerprint density at radius 2 is 2.15 bits per heavy atom. The molecule has 6 nitrogen and oxygen atoms in total. The Labute approximate surface area is 156 Å². The highest BCUT2D eigenvalue weighted by Gasteiger charge is 2.19. The molecule has 0 aliphatic rings. The number of amides is 1. The van der Waals surface area contributed by atoms with Crippen LogP contribution in [-0.2, 0) is 4.74 Å². The molecule has 0 aliphatic heterocycles. The van der Waals surface area contributed by atoms with Crippen molar-refractivity contribution in [3.05, 3.63) is 29.0 Å². The van der Waals surface area contributed by atoms with Gasteiger partial charge in [-0.3, -0.25) is 4.99 Å². The molecule has 0 saturated heterocycles. The fourth-order valence-electron chi connectivity index (χ4n) is 2.44. The number of alkyl carbamates (subject to hydrolysis) is 1. The first kappa shape index (κ1) is 20.1. The lowest BCUT2D eigenvalue weighted by Crippen LogP contribution is -2.45. The number of fused-ring (bicyclic) bond motifs is 1. The molecule has 0 radical (unpaired) electrons. The average molecular weight is 380 g/mol. The number of halogens is 1. The van der Waals surface area contributed by atoms with Gasteiger partial charge in [0.25, 0.3) is 0 Å². The lowest BCUT2D eigenvalue weighted by Gasteiger charge is -2.19. The van der Waals surface area contributed by atoms with E-state index in [2.05, 4.69) is 15.3 Å².